The predicted octanol–water partition coefficient (Wildman–Crippen LogP) is 2.14. The van der Waals surface area contributed by atoms with Crippen molar-refractivity contribution >= 4 is 5.91 Å². The van der Waals surface area contributed by atoms with Crippen LogP contribution in [0.3, 0.4) is 0 Å². The highest BCUT2D eigenvalue weighted by molar-refractivity contribution is 5.79. The first kappa shape index (κ1) is 16.8. The summed E-state index contributed by atoms with van der Waals surface area (Å²) in [4.78, 5) is 12.3. The third-order valence-electron chi connectivity index (χ3n) is 3.91. The van der Waals surface area contributed by atoms with Crippen molar-refractivity contribution in [2.45, 2.75) is 32.4 Å². The van der Waals surface area contributed by atoms with Gasteiger partial charge in [0.2, 0.25) is 5.91 Å². The Hall–Kier alpha value is -1.59. The van der Waals surface area contributed by atoms with Gasteiger partial charge >= 0.3 is 0 Å². The number of carbonyl (C=O) groups is 1. The number of benzene rings is 1. The molecule has 122 valence electrons. The van der Waals surface area contributed by atoms with E-state index in [1.165, 1.54) is 0 Å². The Labute approximate surface area is 131 Å². The molecule has 0 saturated carbocycles. The molecule has 0 radical (unpaired) electrons. The molecule has 1 aromatic rings. The predicted molar refractivity (Wildman–Crippen MR) is 83.8 cm³/mol. The van der Waals surface area contributed by atoms with Crippen molar-refractivity contribution in [2.24, 2.45) is 5.92 Å². The summed E-state index contributed by atoms with van der Waals surface area (Å²) in [5, 5.41) is 3.00. The zero-order valence-electron chi connectivity index (χ0n) is 13.3. The Balaban J connectivity index is 1.89. The fourth-order valence-corrected chi connectivity index (χ4v) is 2.61. The van der Waals surface area contributed by atoms with E-state index >= 15 is 0 Å². The van der Waals surface area contributed by atoms with Crippen molar-refractivity contribution in [3.63, 3.8) is 0 Å². The van der Waals surface area contributed by atoms with Crippen LogP contribution in [0.5, 0.6) is 5.75 Å². The lowest BCUT2D eigenvalue weighted by Crippen LogP contribution is -2.39. The Bertz CT molecular complexity index is 477. The van der Waals surface area contributed by atoms with Crippen LogP contribution in [0.2, 0.25) is 0 Å². The zero-order valence-corrected chi connectivity index (χ0v) is 13.3. The highest BCUT2D eigenvalue weighted by Gasteiger charge is 2.28. The average molecular weight is 307 g/mol. The van der Waals surface area contributed by atoms with Gasteiger partial charge in [-0.25, -0.2) is 0 Å². The van der Waals surface area contributed by atoms with Gasteiger partial charge in [0.1, 0.15) is 12.4 Å². The molecule has 1 aliphatic heterocycles. The van der Waals surface area contributed by atoms with E-state index in [1.807, 2.05) is 31.2 Å². The number of amides is 1. The van der Waals surface area contributed by atoms with Crippen molar-refractivity contribution in [3.8, 4) is 5.75 Å². The Kier molecular flexibility index (Phi) is 6.68. The molecule has 1 aliphatic rings. The molecular weight excluding hydrogens is 282 g/mol. The molecule has 0 spiro atoms. The molecule has 1 saturated heterocycles. The summed E-state index contributed by atoms with van der Waals surface area (Å²) in [6.07, 6.45) is 1.82. The molecule has 2 atom stereocenters. The first-order valence-corrected chi connectivity index (χ1v) is 7.81. The molecule has 0 aliphatic carbocycles. The Morgan fingerprint density at radius 1 is 1.36 bits per heavy atom. The molecule has 22 heavy (non-hydrogen) atoms. The lowest BCUT2D eigenvalue weighted by Gasteiger charge is -2.28. The van der Waals surface area contributed by atoms with Gasteiger partial charge in [0, 0.05) is 25.8 Å². The van der Waals surface area contributed by atoms with Crippen molar-refractivity contribution < 1.29 is 19.0 Å². The number of carbonyl (C=O) groups excluding carboxylic acids is 1. The summed E-state index contributed by atoms with van der Waals surface area (Å²) >= 11 is 0. The second-order valence-corrected chi connectivity index (χ2v) is 5.49. The van der Waals surface area contributed by atoms with Crippen LogP contribution in [0.4, 0.5) is 0 Å². The SMILES string of the molecule is COCCOc1ccccc1CNC(=O)[C@H]1CCCO[C@@H]1C. The third-order valence-corrected chi connectivity index (χ3v) is 3.91. The maximum absolute atomic E-state index is 12.3. The van der Waals surface area contributed by atoms with Crippen LogP contribution in [-0.4, -0.2) is 38.9 Å². The highest BCUT2D eigenvalue weighted by Crippen LogP contribution is 2.22. The van der Waals surface area contributed by atoms with Crippen LogP contribution in [0.15, 0.2) is 24.3 Å². The first-order chi connectivity index (χ1) is 10.7. The molecule has 0 aromatic heterocycles. The summed E-state index contributed by atoms with van der Waals surface area (Å²) in [5.74, 6) is 0.780. The fourth-order valence-electron chi connectivity index (χ4n) is 2.61. The van der Waals surface area contributed by atoms with Gasteiger partial charge in [-0.1, -0.05) is 18.2 Å². The van der Waals surface area contributed by atoms with E-state index < -0.39 is 0 Å². The summed E-state index contributed by atoms with van der Waals surface area (Å²) in [7, 11) is 1.64. The molecule has 2 rings (SSSR count). The van der Waals surface area contributed by atoms with Gasteiger partial charge in [-0.3, -0.25) is 4.79 Å². The number of rotatable bonds is 7. The molecule has 1 fully saturated rings. The largest absolute Gasteiger partial charge is 0.491 e. The zero-order chi connectivity index (χ0) is 15.8. The minimum Gasteiger partial charge on any atom is -0.491 e. The molecule has 1 N–H and O–H groups in total. The fraction of sp³-hybridized carbons (Fsp3) is 0.588. The number of ether oxygens (including phenoxy) is 3. The van der Waals surface area contributed by atoms with E-state index in [9.17, 15) is 4.79 Å². The van der Waals surface area contributed by atoms with Crippen molar-refractivity contribution in [3.05, 3.63) is 29.8 Å². The van der Waals surface area contributed by atoms with Crippen LogP contribution in [0.25, 0.3) is 0 Å². The van der Waals surface area contributed by atoms with Crippen LogP contribution in [0.1, 0.15) is 25.3 Å². The van der Waals surface area contributed by atoms with E-state index in [0.29, 0.717) is 19.8 Å². The highest BCUT2D eigenvalue weighted by atomic mass is 16.5. The molecule has 1 aromatic carbocycles. The van der Waals surface area contributed by atoms with Crippen molar-refractivity contribution in [2.75, 3.05) is 26.9 Å². The molecule has 1 amide bonds. The maximum Gasteiger partial charge on any atom is 0.225 e. The first-order valence-electron chi connectivity index (χ1n) is 7.81. The molecule has 0 unspecified atom stereocenters. The molecule has 5 heteroatoms. The summed E-state index contributed by atoms with van der Waals surface area (Å²) in [6, 6.07) is 7.73. The number of hydrogen-bond donors (Lipinski definition) is 1. The summed E-state index contributed by atoms with van der Waals surface area (Å²) in [6.45, 7) is 4.21. The molecular formula is C17H25NO4. The van der Waals surface area contributed by atoms with Gasteiger partial charge < -0.3 is 19.5 Å². The van der Waals surface area contributed by atoms with Crippen LogP contribution >= 0.6 is 0 Å². The van der Waals surface area contributed by atoms with E-state index in [2.05, 4.69) is 5.32 Å². The van der Waals surface area contributed by atoms with Crippen LogP contribution < -0.4 is 10.1 Å². The van der Waals surface area contributed by atoms with Gasteiger partial charge in [-0.05, 0) is 25.8 Å². The van der Waals surface area contributed by atoms with Gasteiger partial charge in [0.15, 0.2) is 0 Å². The van der Waals surface area contributed by atoms with E-state index in [4.69, 9.17) is 14.2 Å². The van der Waals surface area contributed by atoms with E-state index in [1.54, 1.807) is 7.11 Å². The topological polar surface area (TPSA) is 56.8 Å². The summed E-state index contributed by atoms with van der Waals surface area (Å²) in [5.41, 5.74) is 0.969. The van der Waals surface area contributed by atoms with Crippen molar-refractivity contribution in [1.29, 1.82) is 0 Å². The smallest absolute Gasteiger partial charge is 0.225 e. The minimum absolute atomic E-state index is 0.0121. The van der Waals surface area contributed by atoms with Crippen molar-refractivity contribution in [1.82, 2.24) is 5.32 Å². The Morgan fingerprint density at radius 2 is 2.18 bits per heavy atom. The quantitative estimate of drug-likeness (QED) is 0.784. The normalized spacial score (nSPS) is 21.4. The van der Waals surface area contributed by atoms with E-state index in [-0.39, 0.29) is 17.9 Å². The monoisotopic (exact) mass is 307 g/mol. The third kappa shape index (κ3) is 4.71. The number of para-hydroxylation sites is 1. The van der Waals surface area contributed by atoms with Gasteiger partial charge in [0.05, 0.1) is 18.6 Å². The molecule has 5 nitrogen and oxygen atoms in total. The lowest BCUT2D eigenvalue weighted by molar-refractivity contribution is -0.133. The van der Waals surface area contributed by atoms with E-state index in [0.717, 1.165) is 30.8 Å². The van der Waals surface area contributed by atoms with Gasteiger partial charge in [0.25, 0.3) is 0 Å². The standard InChI is InChI=1S/C17H25NO4/c1-13-15(7-5-9-21-13)17(19)18-12-14-6-3-4-8-16(14)22-11-10-20-2/h3-4,6,8,13,15H,5,7,9-12H2,1-2H3,(H,18,19)/t13-,15+/m1/s1. The lowest BCUT2D eigenvalue weighted by atomic mass is 9.94. The molecule has 1 heterocycles. The maximum atomic E-state index is 12.3. The van der Waals surface area contributed by atoms with Gasteiger partial charge in [-0.15, -0.1) is 0 Å². The van der Waals surface area contributed by atoms with Gasteiger partial charge in [-0.2, -0.15) is 0 Å². The van der Waals surface area contributed by atoms with Crippen LogP contribution in [-0.2, 0) is 20.8 Å². The minimum atomic E-state index is -0.0599. The molecule has 0 bridgehead atoms. The summed E-state index contributed by atoms with van der Waals surface area (Å²) < 4.78 is 16.2. The second-order valence-electron chi connectivity index (χ2n) is 5.49. The second kappa shape index (κ2) is 8.76. The van der Waals surface area contributed by atoms with Crippen LogP contribution in [0, 0.1) is 5.92 Å². The average Bonchev–Trinajstić information content (AvgIpc) is 2.54. The Morgan fingerprint density at radius 3 is 2.95 bits per heavy atom. The number of nitrogens with one attached hydrogen (secondary N) is 1. The number of methoxy groups -OCH3 is 1. The number of hydrogen-bond acceptors (Lipinski definition) is 4.